The van der Waals surface area contributed by atoms with E-state index in [0.717, 1.165) is 31.5 Å². The van der Waals surface area contributed by atoms with Gasteiger partial charge in [0.15, 0.2) is 0 Å². The van der Waals surface area contributed by atoms with Crippen molar-refractivity contribution in [3.05, 3.63) is 65.2 Å². The van der Waals surface area contributed by atoms with E-state index in [-0.39, 0.29) is 17.8 Å². The van der Waals surface area contributed by atoms with Crippen LogP contribution >= 0.6 is 0 Å². The van der Waals surface area contributed by atoms with Gasteiger partial charge >= 0.3 is 5.97 Å². The van der Waals surface area contributed by atoms with Gasteiger partial charge in [0.05, 0.1) is 18.1 Å². The Kier molecular flexibility index (Phi) is 8.25. The third-order valence-corrected chi connectivity index (χ3v) is 7.60. The van der Waals surface area contributed by atoms with E-state index in [2.05, 4.69) is 29.2 Å². The normalized spacial score (nSPS) is 18.8. The van der Waals surface area contributed by atoms with Crippen LogP contribution in [0.4, 0.5) is 5.69 Å². The van der Waals surface area contributed by atoms with Gasteiger partial charge < -0.3 is 15.4 Å². The Morgan fingerprint density at radius 3 is 2.24 bits per heavy atom. The predicted octanol–water partition coefficient (Wildman–Crippen LogP) is 5.79. The lowest BCUT2D eigenvalue weighted by Gasteiger charge is -2.39. The SMILES string of the molecule is CCOC(=O)c1ccc(C(C(N)=O)C(c2ccccc2N2CCCCC2)C2CCCCC2)cc1. The number of rotatable bonds is 8. The molecule has 1 saturated carbocycles. The van der Waals surface area contributed by atoms with Crippen LogP contribution in [-0.2, 0) is 9.53 Å². The van der Waals surface area contributed by atoms with Crippen molar-refractivity contribution in [2.24, 2.45) is 11.7 Å². The largest absolute Gasteiger partial charge is 0.462 e. The molecule has 2 unspecified atom stereocenters. The number of nitrogens with zero attached hydrogens (tertiary/aromatic N) is 1. The summed E-state index contributed by atoms with van der Waals surface area (Å²) in [5.74, 6) is -0.659. The number of para-hydroxylation sites is 1. The highest BCUT2D eigenvalue weighted by Gasteiger charge is 2.38. The third kappa shape index (κ3) is 5.45. The smallest absolute Gasteiger partial charge is 0.338 e. The van der Waals surface area contributed by atoms with Crippen molar-refractivity contribution in [1.29, 1.82) is 0 Å². The summed E-state index contributed by atoms with van der Waals surface area (Å²) in [5.41, 5.74) is 10.0. The van der Waals surface area contributed by atoms with Crippen molar-refractivity contribution >= 4 is 17.6 Å². The highest BCUT2D eigenvalue weighted by Crippen LogP contribution is 2.47. The Labute approximate surface area is 203 Å². The number of piperidine rings is 1. The lowest BCUT2D eigenvalue weighted by Crippen LogP contribution is -2.35. The summed E-state index contributed by atoms with van der Waals surface area (Å²) in [5, 5.41) is 0. The standard InChI is InChI=1S/C29H38N2O3/c1-2-34-29(33)23-17-15-22(16-18-23)27(28(30)32)26(21-11-5-3-6-12-21)24-13-7-8-14-25(24)31-19-9-4-10-20-31/h7-8,13-18,21,26-27H,2-6,9-12,19-20H2,1H3,(H2,30,32). The van der Waals surface area contributed by atoms with Gasteiger partial charge in [-0.05, 0) is 74.3 Å². The first kappa shape index (κ1) is 24.3. The van der Waals surface area contributed by atoms with Crippen LogP contribution in [0.1, 0.15) is 91.6 Å². The maximum absolute atomic E-state index is 13.1. The molecule has 1 saturated heterocycles. The second-order valence-electron chi connectivity index (χ2n) is 9.75. The number of carbonyl (C=O) groups excluding carboxylic acids is 2. The fraction of sp³-hybridized carbons (Fsp3) is 0.517. The summed E-state index contributed by atoms with van der Waals surface area (Å²) >= 11 is 0. The molecule has 5 heteroatoms. The van der Waals surface area contributed by atoms with Gasteiger partial charge in [0.1, 0.15) is 0 Å². The zero-order valence-electron chi connectivity index (χ0n) is 20.4. The van der Waals surface area contributed by atoms with Crippen LogP contribution in [0, 0.1) is 5.92 Å². The molecule has 0 bridgehead atoms. The molecule has 0 spiro atoms. The molecule has 1 amide bonds. The van der Waals surface area contributed by atoms with Crippen LogP contribution in [0.2, 0.25) is 0 Å². The molecule has 1 heterocycles. The summed E-state index contributed by atoms with van der Waals surface area (Å²) in [6.45, 7) is 4.25. The lowest BCUT2D eigenvalue weighted by molar-refractivity contribution is -0.120. The molecule has 0 radical (unpaired) electrons. The molecule has 34 heavy (non-hydrogen) atoms. The van der Waals surface area contributed by atoms with Gasteiger partial charge in [-0.25, -0.2) is 4.79 Å². The van der Waals surface area contributed by atoms with Crippen molar-refractivity contribution in [2.75, 3.05) is 24.6 Å². The van der Waals surface area contributed by atoms with Crippen molar-refractivity contribution in [1.82, 2.24) is 0 Å². The predicted molar refractivity (Wildman–Crippen MR) is 136 cm³/mol. The second-order valence-corrected chi connectivity index (χ2v) is 9.75. The topological polar surface area (TPSA) is 72.6 Å². The number of anilines is 1. The summed E-state index contributed by atoms with van der Waals surface area (Å²) in [4.78, 5) is 27.7. The fourth-order valence-corrected chi connectivity index (χ4v) is 5.98. The summed E-state index contributed by atoms with van der Waals surface area (Å²) in [7, 11) is 0. The van der Waals surface area contributed by atoms with Gasteiger partial charge in [-0.15, -0.1) is 0 Å². The molecular formula is C29H38N2O3. The van der Waals surface area contributed by atoms with E-state index in [0.29, 0.717) is 18.1 Å². The molecular weight excluding hydrogens is 424 g/mol. The van der Waals surface area contributed by atoms with E-state index >= 15 is 0 Å². The first-order chi connectivity index (χ1) is 16.6. The van der Waals surface area contributed by atoms with Crippen LogP contribution in [0.3, 0.4) is 0 Å². The molecule has 1 aliphatic heterocycles. The van der Waals surface area contributed by atoms with Crippen LogP contribution in [0.25, 0.3) is 0 Å². The maximum atomic E-state index is 13.1. The van der Waals surface area contributed by atoms with E-state index in [1.54, 1.807) is 19.1 Å². The zero-order valence-corrected chi connectivity index (χ0v) is 20.4. The molecule has 1 aliphatic carbocycles. The Bertz CT molecular complexity index is 960. The van der Waals surface area contributed by atoms with E-state index in [4.69, 9.17) is 10.5 Å². The molecule has 4 rings (SSSR count). The number of hydrogen-bond acceptors (Lipinski definition) is 4. The number of ether oxygens (including phenoxy) is 1. The minimum absolute atomic E-state index is 0.0179. The van der Waals surface area contributed by atoms with E-state index < -0.39 is 5.92 Å². The quantitative estimate of drug-likeness (QED) is 0.504. The van der Waals surface area contributed by atoms with Crippen molar-refractivity contribution in [3.8, 4) is 0 Å². The minimum Gasteiger partial charge on any atom is -0.462 e. The summed E-state index contributed by atoms with van der Waals surface area (Å²) in [6.07, 6.45) is 9.57. The second kappa shape index (κ2) is 11.5. The molecule has 2 fully saturated rings. The number of nitrogens with two attached hydrogens (primary N) is 1. The van der Waals surface area contributed by atoms with Crippen LogP contribution in [0.5, 0.6) is 0 Å². The Hall–Kier alpha value is -2.82. The zero-order chi connectivity index (χ0) is 23.9. The van der Waals surface area contributed by atoms with Gasteiger partial charge in [-0.3, -0.25) is 4.79 Å². The first-order valence-electron chi connectivity index (χ1n) is 13.0. The average molecular weight is 463 g/mol. The Balaban J connectivity index is 1.75. The molecule has 2 atom stereocenters. The van der Waals surface area contributed by atoms with Gasteiger partial charge in [0.2, 0.25) is 5.91 Å². The van der Waals surface area contributed by atoms with Crippen LogP contribution in [-0.4, -0.2) is 31.6 Å². The monoisotopic (exact) mass is 462 g/mol. The molecule has 182 valence electrons. The molecule has 5 nitrogen and oxygen atoms in total. The molecule has 2 aromatic rings. The first-order valence-corrected chi connectivity index (χ1v) is 13.0. The number of esters is 1. The maximum Gasteiger partial charge on any atom is 0.338 e. The highest BCUT2D eigenvalue weighted by molar-refractivity contribution is 5.90. The third-order valence-electron chi connectivity index (χ3n) is 7.60. The Morgan fingerprint density at radius 1 is 0.941 bits per heavy atom. The van der Waals surface area contributed by atoms with Gasteiger partial charge in [0.25, 0.3) is 0 Å². The van der Waals surface area contributed by atoms with Crippen molar-refractivity contribution in [2.45, 2.75) is 70.1 Å². The number of hydrogen-bond donors (Lipinski definition) is 1. The number of carbonyl (C=O) groups is 2. The average Bonchev–Trinajstić information content (AvgIpc) is 2.88. The number of primary amides is 1. The van der Waals surface area contributed by atoms with E-state index in [9.17, 15) is 9.59 Å². The molecule has 2 aromatic carbocycles. The van der Waals surface area contributed by atoms with Crippen molar-refractivity contribution in [3.63, 3.8) is 0 Å². The number of benzene rings is 2. The summed E-state index contributed by atoms with van der Waals surface area (Å²) in [6, 6.07) is 15.9. The van der Waals surface area contributed by atoms with E-state index in [1.165, 1.54) is 49.8 Å². The molecule has 2 N–H and O–H groups in total. The van der Waals surface area contributed by atoms with Crippen LogP contribution in [0.15, 0.2) is 48.5 Å². The van der Waals surface area contributed by atoms with Gasteiger partial charge in [-0.1, -0.05) is 49.6 Å². The molecule has 0 aromatic heterocycles. The van der Waals surface area contributed by atoms with Crippen LogP contribution < -0.4 is 10.6 Å². The van der Waals surface area contributed by atoms with Crippen molar-refractivity contribution < 1.29 is 14.3 Å². The fourth-order valence-electron chi connectivity index (χ4n) is 5.98. The van der Waals surface area contributed by atoms with Gasteiger partial charge in [0, 0.05) is 24.7 Å². The lowest BCUT2D eigenvalue weighted by atomic mass is 9.68. The minimum atomic E-state index is -0.440. The number of amides is 1. The summed E-state index contributed by atoms with van der Waals surface area (Å²) < 4.78 is 5.13. The Morgan fingerprint density at radius 2 is 1.59 bits per heavy atom. The van der Waals surface area contributed by atoms with Gasteiger partial charge in [-0.2, -0.15) is 0 Å². The van der Waals surface area contributed by atoms with E-state index in [1.807, 2.05) is 12.1 Å². The highest BCUT2D eigenvalue weighted by atomic mass is 16.5. The molecule has 2 aliphatic rings.